The molecule has 1 heterocycles. The second kappa shape index (κ2) is 9.86. The zero-order valence-corrected chi connectivity index (χ0v) is 18.0. The topological polar surface area (TPSA) is 107 Å². The third-order valence-corrected chi connectivity index (χ3v) is 5.25. The predicted octanol–water partition coefficient (Wildman–Crippen LogP) is 3.82. The van der Waals surface area contributed by atoms with Crippen LogP contribution in [0.15, 0.2) is 48.5 Å². The fourth-order valence-corrected chi connectivity index (χ4v) is 3.51. The first-order valence-electron chi connectivity index (χ1n) is 9.32. The normalized spacial score (nSPS) is 10.3. The second-order valence-corrected chi connectivity index (χ2v) is 7.73. The van der Waals surface area contributed by atoms with Crippen molar-refractivity contribution < 1.29 is 23.9 Å². The minimum Gasteiger partial charge on any atom is -0.497 e. The number of nitrogens with one attached hydrogen (secondary N) is 2. The Morgan fingerprint density at radius 1 is 0.935 bits per heavy atom. The number of aryl methyl sites for hydroxylation is 2. The SMILES string of the molecule is COc1ccc(NC(=O)c2ccc(NC(=O)COC(=O)c3sc(C)nc3C)cc2)cc1. The first-order chi connectivity index (χ1) is 14.9. The predicted molar refractivity (Wildman–Crippen MR) is 118 cm³/mol. The van der Waals surface area contributed by atoms with Gasteiger partial charge in [-0.25, -0.2) is 9.78 Å². The second-order valence-electron chi connectivity index (χ2n) is 6.53. The Bertz CT molecular complexity index is 1090. The Labute approximate surface area is 183 Å². The van der Waals surface area contributed by atoms with Crippen molar-refractivity contribution in [2.75, 3.05) is 24.4 Å². The van der Waals surface area contributed by atoms with Crippen LogP contribution in [0.2, 0.25) is 0 Å². The molecule has 8 nitrogen and oxygen atoms in total. The van der Waals surface area contributed by atoms with E-state index in [1.54, 1.807) is 69.5 Å². The van der Waals surface area contributed by atoms with Crippen LogP contribution in [0.4, 0.5) is 11.4 Å². The highest BCUT2D eigenvalue weighted by Crippen LogP contribution is 2.19. The first kappa shape index (κ1) is 22.0. The van der Waals surface area contributed by atoms with Crippen molar-refractivity contribution in [3.8, 4) is 5.75 Å². The number of carbonyl (C=O) groups excluding carboxylic acids is 3. The number of amides is 2. The number of ether oxygens (including phenoxy) is 2. The summed E-state index contributed by atoms with van der Waals surface area (Å²) < 4.78 is 10.1. The molecule has 0 bridgehead atoms. The van der Waals surface area contributed by atoms with E-state index in [2.05, 4.69) is 15.6 Å². The maximum atomic E-state index is 12.4. The van der Waals surface area contributed by atoms with Crippen molar-refractivity contribution in [3.05, 3.63) is 69.7 Å². The van der Waals surface area contributed by atoms with Gasteiger partial charge in [0.15, 0.2) is 6.61 Å². The number of hydrogen-bond acceptors (Lipinski definition) is 7. The van der Waals surface area contributed by atoms with Crippen molar-refractivity contribution in [1.82, 2.24) is 4.98 Å². The van der Waals surface area contributed by atoms with Crippen LogP contribution in [0.1, 0.15) is 30.7 Å². The highest BCUT2D eigenvalue weighted by atomic mass is 32.1. The van der Waals surface area contributed by atoms with Crippen LogP contribution in [0.25, 0.3) is 0 Å². The summed E-state index contributed by atoms with van der Waals surface area (Å²) >= 11 is 1.22. The lowest BCUT2D eigenvalue weighted by atomic mass is 10.2. The van der Waals surface area contributed by atoms with Gasteiger partial charge < -0.3 is 20.1 Å². The molecular weight excluding hydrogens is 418 g/mol. The summed E-state index contributed by atoms with van der Waals surface area (Å²) in [6.07, 6.45) is 0. The van der Waals surface area contributed by atoms with Gasteiger partial charge in [0.05, 0.1) is 17.8 Å². The lowest BCUT2D eigenvalue weighted by Crippen LogP contribution is -2.21. The summed E-state index contributed by atoms with van der Waals surface area (Å²) in [5.74, 6) is -0.653. The van der Waals surface area contributed by atoms with E-state index in [1.807, 2.05) is 0 Å². The molecule has 2 N–H and O–H groups in total. The van der Waals surface area contributed by atoms with Crippen LogP contribution >= 0.6 is 11.3 Å². The van der Waals surface area contributed by atoms with Crippen LogP contribution < -0.4 is 15.4 Å². The van der Waals surface area contributed by atoms with Gasteiger partial charge in [-0.2, -0.15) is 0 Å². The van der Waals surface area contributed by atoms with Gasteiger partial charge in [-0.05, 0) is 62.4 Å². The summed E-state index contributed by atoms with van der Waals surface area (Å²) in [5.41, 5.74) is 2.12. The smallest absolute Gasteiger partial charge is 0.350 e. The zero-order valence-electron chi connectivity index (χ0n) is 17.2. The van der Waals surface area contributed by atoms with E-state index in [-0.39, 0.29) is 5.91 Å². The molecule has 3 rings (SSSR count). The number of anilines is 2. The van der Waals surface area contributed by atoms with E-state index in [0.29, 0.717) is 33.3 Å². The van der Waals surface area contributed by atoms with Gasteiger partial charge in [0.25, 0.3) is 11.8 Å². The van der Waals surface area contributed by atoms with E-state index in [4.69, 9.17) is 9.47 Å². The van der Waals surface area contributed by atoms with Crippen LogP contribution in [-0.2, 0) is 9.53 Å². The number of carbonyl (C=O) groups is 3. The Balaban J connectivity index is 1.51. The van der Waals surface area contributed by atoms with E-state index in [9.17, 15) is 14.4 Å². The van der Waals surface area contributed by atoms with Crippen LogP contribution in [-0.4, -0.2) is 36.5 Å². The highest BCUT2D eigenvalue weighted by molar-refractivity contribution is 7.13. The van der Waals surface area contributed by atoms with Gasteiger partial charge in [-0.1, -0.05) is 0 Å². The molecule has 1 aromatic heterocycles. The summed E-state index contributed by atoms with van der Waals surface area (Å²) in [4.78, 5) is 41.0. The highest BCUT2D eigenvalue weighted by Gasteiger charge is 2.16. The Kier molecular flexibility index (Phi) is 6.99. The lowest BCUT2D eigenvalue weighted by Gasteiger charge is -2.08. The average molecular weight is 439 g/mol. The van der Waals surface area contributed by atoms with E-state index in [1.165, 1.54) is 11.3 Å². The number of nitrogens with zero attached hydrogens (tertiary/aromatic N) is 1. The number of thiazole rings is 1. The molecule has 3 aromatic rings. The van der Waals surface area contributed by atoms with Gasteiger partial charge in [0.2, 0.25) is 0 Å². The molecule has 0 saturated carbocycles. The molecule has 160 valence electrons. The standard InChI is InChI=1S/C22H21N3O5S/c1-13-20(31-14(2)23-13)22(28)30-12-19(26)24-16-6-4-15(5-7-16)21(27)25-17-8-10-18(29-3)11-9-17/h4-11H,12H2,1-3H3,(H,24,26)(H,25,27). The third-order valence-electron chi connectivity index (χ3n) is 4.20. The number of rotatable bonds is 7. The Hall–Kier alpha value is -3.72. The fourth-order valence-electron chi connectivity index (χ4n) is 2.70. The van der Waals surface area contributed by atoms with Crippen LogP contribution in [0.5, 0.6) is 5.75 Å². The minimum absolute atomic E-state index is 0.285. The molecule has 0 aliphatic heterocycles. The molecule has 0 unspecified atom stereocenters. The molecule has 0 radical (unpaired) electrons. The quantitative estimate of drug-likeness (QED) is 0.542. The monoisotopic (exact) mass is 439 g/mol. The Morgan fingerprint density at radius 3 is 2.13 bits per heavy atom. The minimum atomic E-state index is -0.580. The molecule has 9 heteroatoms. The molecule has 0 atom stereocenters. The maximum Gasteiger partial charge on any atom is 0.350 e. The number of methoxy groups -OCH3 is 1. The molecule has 0 saturated heterocycles. The molecule has 0 spiro atoms. The van der Waals surface area contributed by atoms with Gasteiger partial charge in [0.1, 0.15) is 10.6 Å². The van der Waals surface area contributed by atoms with Gasteiger partial charge in [0, 0.05) is 16.9 Å². The average Bonchev–Trinajstić information content (AvgIpc) is 3.11. The lowest BCUT2D eigenvalue weighted by molar-refractivity contribution is -0.119. The van der Waals surface area contributed by atoms with Crippen molar-refractivity contribution in [2.24, 2.45) is 0 Å². The molecule has 2 amide bonds. The fraction of sp³-hybridized carbons (Fsp3) is 0.182. The van der Waals surface area contributed by atoms with Gasteiger partial charge in [-0.15, -0.1) is 11.3 Å². The van der Waals surface area contributed by atoms with Crippen LogP contribution in [0.3, 0.4) is 0 Å². The summed E-state index contributed by atoms with van der Waals surface area (Å²) in [6.45, 7) is 3.09. The third kappa shape index (κ3) is 5.89. The zero-order chi connectivity index (χ0) is 22.4. The van der Waals surface area contributed by atoms with Crippen molar-refractivity contribution in [1.29, 1.82) is 0 Å². The van der Waals surface area contributed by atoms with E-state index < -0.39 is 18.5 Å². The van der Waals surface area contributed by atoms with Gasteiger partial charge >= 0.3 is 5.97 Å². The summed E-state index contributed by atoms with van der Waals surface area (Å²) in [7, 11) is 1.57. The Morgan fingerprint density at radius 2 is 1.55 bits per heavy atom. The number of hydrogen-bond donors (Lipinski definition) is 2. The molecule has 0 aliphatic carbocycles. The van der Waals surface area contributed by atoms with Crippen molar-refractivity contribution >= 4 is 40.5 Å². The largest absolute Gasteiger partial charge is 0.497 e. The molecule has 0 aliphatic rings. The van der Waals surface area contributed by atoms with Crippen LogP contribution in [0, 0.1) is 13.8 Å². The van der Waals surface area contributed by atoms with Crippen molar-refractivity contribution in [2.45, 2.75) is 13.8 Å². The summed E-state index contributed by atoms with van der Waals surface area (Å²) in [6, 6.07) is 13.3. The first-order valence-corrected chi connectivity index (χ1v) is 10.1. The number of benzene rings is 2. The van der Waals surface area contributed by atoms with Gasteiger partial charge in [-0.3, -0.25) is 9.59 Å². The summed E-state index contributed by atoms with van der Waals surface area (Å²) in [5, 5.41) is 6.16. The molecule has 31 heavy (non-hydrogen) atoms. The molecule has 2 aromatic carbocycles. The van der Waals surface area contributed by atoms with E-state index in [0.717, 1.165) is 5.01 Å². The molecule has 0 fully saturated rings. The maximum absolute atomic E-state index is 12.4. The number of esters is 1. The van der Waals surface area contributed by atoms with E-state index >= 15 is 0 Å². The molecular formula is C22H21N3O5S. The number of aromatic nitrogens is 1. The van der Waals surface area contributed by atoms with Crippen molar-refractivity contribution in [3.63, 3.8) is 0 Å².